The van der Waals surface area contributed by atoms with Crippen LogP contribution in [0, 0.1) is 0 Å². The molecule has 2 N–H and O–H groups in total. The van der Waals surface area contributed by atoms with Gasteiger partial charge in [-0.15, -0.1) is 0 Å². The van der Waals surface area contributed by atoms with Gasteiger partial charge < -0.3 is 5.11 Å². The van der Waals surface area contributed by atoms with E-state index in [0.29, 0.717) is 5.92 Å². The molecule has 2 unspecified atom stereocenters. The van der Waals surface area contributed by atoms with Gasteiger partial charge in [0.25, 0.3) is 0 Å². The molecule has 0 aromatic heterocycles. The number of hydrogen-bond donors (Lipinski definition) is 2. The predicted octanol–water partition coefficient (Wildman–Crippen LogP) is 3.78. The molecule has 0 saturated heterocycles. The molecule has 4 heteroatoms. The first-order valence-electron chi connectivity index (χ1n) is 9.30. The Labute approximate surface area is 155 Å². The van der Waals surface area contributed by atoms with E-state index in [1.54, 1.807) is 19.0 Å². The fraction of sp³-hybridized carbons (Fsp3) is 0.409. The zero-order valence-electron chi connectivity index (χ0n) is 15.8. The van der Waals surface area contributed by atoms with Crippen LogP contribution in [0.5, 0.6) is 0 Å². The number of benzene rings is 2. The van der Waals surface area contributed by atoms with Crippen molar-refractivity contribution in [3.05, 3.63) is 71.3 Å². The normalized spacial score (nSPS) is 23.0. The molecule has 1 aliphatic rings. The van der Waals surface area contributed by atoms with E-state index in [0.717, 1.165) is 19.4 Å². The third-order valence-electron chi connectivity index (χ3n) is 5.84. The maximum absolute atomic E-state index is 11.2. The highest BCUT2D eigenvalue weighted by atomic mass is 16.4. The summed E-state index contributed by atoms with van der Waals surface area (Å²) in [6, 6.07) is 18.9. The summed E-state index contributed by atoms with van der Waals surface area (Å²) in [4.78, 5) is 11.2. The number of nitrogens with zero attached hydrogens (tertiary/aromatic N) is 1. The van der Waals surface area contributed by atoms with Crippen LogP contribution in [0.1, 0.15) is 49.3 Å². The first kappa shape index (κ1) is 18.6. The number of hydrazine groups is 1. The average molecular weight is 352 g/mol. The van der Waals surface area contributed by atoms with E-state index in [-0.39, 0.29) is 5.41 Å². The van der Waals surface area contributed by atoms with Gasteiger partial charge in [0.15, 0.2) is 0 Å². The average Bonchev–Trinajstić information content (AvgIpc) is 2.95. The Bertz CT molecular complexity index is 762. The van der Waals surface area contributed by atoms with Crippen molar-refractivity contribution in [2.24, 2.45) is 0 Å². The molecule has 0 spiro atoms. The number of hydrogen-bond acceptors (Lipinski definition) is 3. The number of carboxylic acids is 1. The first-order chi connectivity index (χ1) is 12.5. The van der Waals surface area contributed by atoms with Gasteiger partial charge in [-0.1, -0.05) is 61.5 Å². The molecule has 3 atom stereocenters. The standard InChI is InChI=1S/C22H28N2O2/c1-16-15-22(18-9-5-4-6-10-18,20-12-8-7-11-19(16)20)13-14-23-24(3)17(2)21(25)26/h4-12,16-17,23H,13-15H2,1-3H3,(H,25,26)/t16?,17-,22?/m0/s1. The van der Waals surface area contributed by atoms with Crippen molar-refractivity contribution in [1.29, 1.82) is 0 Å². The van der Waals surface area contributed by atoms with Gasteiger partial charge in [0.2, 0.25) is 0 Å². The van der Waals surface area contributed by atoms with E-state index in [1.807, 2.05) is 0 Å². The third kappa shape index (κ3) is 3.39. The van der Waals surface area contributed by atoms with E-state index < -0.39 is 12.0 Å². The zero-order valence-corrected chi connectivity index (χ0v) is 15.8. The second-order valence-electron chi connectivity index (χ2n) is 7.42. The van der Waals surface area contributed by atoms with E-state index in [1.165, 1.54) is 16.7 Å². The second-order valence-corrected chi connectivity index (χ2v) is 7.42. The molecule has 0 radical (unpaired) electrons. The van der Waals surface area contributed by atoms with E-state index in [4.69, 9.17) is 0 Å². The van der Waals surface area contributed by atoms with Crippen LogP contribution in [0.4, 0.5) is 0 Å². The van der Waals surface area contributed by atoms with Crippen LogP contribution in [0.15, 0.2) is 54.6 Å². The molecular weight excluding hydrogens is 324 g/mol. The lowest BCUT2D eigenvalue weighted by Crippen LogP contribution is -2.46. The molecule has 4 nitrogen and oxygen atoms in total. The van der Waals surface area contributed by atoms with Crippen LogP contribution in [0.3, 0.4) is 0 Å². The lowest BCUT2D eigenvalue weighted by atomic mass is 9.72. The third-order valence-corrected chi connectivity index (χ3v) is 5.84. The number of aliphatic carboxylic acids is 1. The molecule has 1 aliphatic carbocycles. The van der Waals surface area contributed by atoms with Crippen molar-refractivity contribution in [2.45, 2.75) is 44.1 Å². The molecule has 0 fully saturated rings. The Morgan fingerprint density at radius 2 is 1.88 bits per heavy atom. The molecule has 0 heterocycles. The fourth-order valence-corrected chi connectivity index (χ4v) is 4.26. The Hall–Kier alpha value is -2.17. The summed E-state index contributed by atoms with van der Waals surface area (Å²) in [6.07, 6.45) is 2.01. The second kappa shape index (κ2) is 7.60. The lowest BCUT2D eigenvalue weighted by molar-refractivity contribution is -0.143. The fourth-order valence-electron chi connectivity index (χ4n) is 4.26. The number of carboxylic acid groups (broad SMARTS) is 1. The van der Waals surface area contributed by atoms with Crippen LogP contribution in [0.2, 0.25) is 0 Å². The summed E-state index contributed by atoms with van der Waals surface area (Å²) in [5, 5.41) is 10.9. The number of nitrogens with one attached hydrogen (secondary N) is 1. The number of likely N-dealkylation sites (N-methyl/N-ethyl adjacent to an activating group) is 1. The highest BCUT2D eigenvalue weighted by Crippen LogP contribution is 2.51. The van der Waals surface area contributed by atoms with Crippen molar-refractivity contribution in [1.82, 2.24) is 10.4 Å². The minimum Gasteiger partial charge on any atom is -0.480 e. The first-order valence-corrected chi connectivity index (χ1v) is 9.30. The van der Waals surface area contributed by atoms with Gasteiger partial charge in [-0.2, -0.15) is 0 Å². The van der Waals surface area contributed by atoms with Gasteiger partial charge in [-0.05, 0) is 42.4 Å². The quantitative estimate of drug-likeness (QED) is 0.745. The van der Waals surface area contributed by atoms with Crippen molar-refractivity contribution >= 4 is 5.97 Å². The highest BCUT2D eigenvalue weighted by Gasteiger charge is 2.42. The molecule has 0 amide bonds. The molecule has 138 valence electrons. The van der Waals surface area contributed by atoms with Crippen LogP contribution in [-0.4, -0.2) is 35.7 Å². The number of fused-ring (bicyclic) bond motifs is 1. The van der Waals surface area contributed by atoms with E-state index >= 15 is 0 Å². The summed E-state index contributed by atoms with van der Waals surface area (Å²) in [6.45, 7) is 4.72. The predicted molar refractivity (Wildman–Crippen MR) is 104 cm³/mol. The molecule has 2 aromatic carbocycles. The van der Waals surface area contributed by atoms with Gasteiger partial charge in [0.05, 0.1) is 0 Å². The summed E-state index contributed by atoms with van der Waals surface area (Å²) in [5.41, 5.74) is 7.44. The maximum Gasteiger partial charge on any atom is 0.322 e. The Kier molecular flexibility index (Phi) is 5.44. The molecule has 26 heavy (non-hydrogen) atoms. The summed E-state index contributed by atoms with van der Waals surface area (Å²) in [5.74, 6) is -0.306. The van der Waals surface area contributed by atoms with Gasteiger partial charge in [-0.3, -0.25) is 10.2 Å². The Morgan fingerprint density at radius 1 is 1.23 bits per heavy atom. The zero-order chi connectivity index (χ0) is 18.7. The maximum atomic E-state index is 11.2. The van der Waals surface area contributed by atoms with Crippen LogP contribution in [-0.2, 0) is 10.2 Å². The minimum absolute atomic E-state index is 0.0302. The molecule has 0 bridgehead atoms. The SMILES string of the molecule is CC1CC(CCNN(C)[C@@H](C)C(=O)O)(c2ccccc2)c2ccccc21. The van der Waals surface area contributed by atoms with E-state index in [9.17, 15) is 9.90 Å². The van der Waals surface area contributed by atoms with Crippen molar-refractivity contribution in [3.63, 3.8) is 0 Å². The van der Waals surface area contributed by atoms with Crippen molar-refractivity contribution < 1.29 is 9.90 Å². The largest absolute Gasteiger partial charge is 0.480 e. The Morgan fingerprint density at radius 3 is 2.58 bits per heavy atom. The van der Waals surface area contributed by atoms with Crippen LogP contribution >= 0.6 is 0 Å². The molecule has 3 rings (SSSR count). The summed E-state index contributed by atoms with van der Waals surface area (Å²) < 4.78 is 0. The lowest BCUT2D eigenvalue weighted by Gasteiger charge is -2.33. The van der Waals surface area contributed by atoms with Crippen LogP contribution in [0.25, 0.3) is 0 Å². The van der Waals surface area contributed by atoms with E-state index in [2.05, 4.69) is 66.9 Å². The number of rotatable bonds is 7. The summed E-state index contributed by atoms with van der Waals surface area (Å²) >= 11 is 0. The molecule has 2 aromatic rings. The molecule has 0 saturated carbocycles. The van der Waals surface area contributed by atoms with Gasteiger partial charge in [-0.25, -0.2) is 5.01 Å². The highest BCUT2D eigenvalue weighted by molar-refractivity contribution is 5.72. The Balaban J connectivity index is 1.87. The van der Waals surface area contributed by atoms with Gasteiger partial charge in [0.1, 0.15) is 6.04 Å². The molecular formula is C22H28N2O2. The smallest absolute Gasteiger partial charge is 0.322 e. The van der Waals surface area contributed by atoms with Gasteiger partial charge in [0, 0.05) is 19.0 Å². The van der Waals surface area contributed by atoms with Crippen molar-refractivity contribution in [3.8, 4) is 0 Å². The van der Waals surface area contributed by atoms with Crippen LogP contribution < -0.4 is 5.43 Å². The number of carbonyl (C=O) groups is 1. The topological polar surface area (TPSA) is 52.6 Å². The molecule has 0 aliphatic heterocycles. The summed E-state index contributed by atoms with van der Waals surface area (Å²) in [7, 11) is 1.79. The monoisotopic (exact) mass is 352 g/mol. The minimum atomic E-state index is -0.822. The van der Waals surface area contributed by atoms with Gasteiger partial charge >= 0.3 is 5.97 Å². The van der Waals surface area contributed by atoms with Crippen molar-refractivity contribution in [2.75, 3.05) is 13.6 Å².